The zero-order chi connectivity index (χ0) is 30.3. The number of rotatable bonds is 8. The molecule has 43 heavy (non-hydrogen) atoms. The summed E-state index contributed by atoms with van der Waals surface area (Å²) in [6.07, 6.45) is 4.22. The molecule has 0 fully saturated rings. The summed E-state index contributed by atoms with van der Waals surface area (Å²) in [5.74, 6) is -1.76. The topological polar surface area (TPSA) is 132 Å². The van der Waals surface area contributed by atoms with Gasteiger partial charge in [0.15, 0.2) is 0 Å². The Bertz CT molecular complexity index is 1920. The summed E-state index contributed by atoms with van der Waals surface area (Å²) in [6.45, 7) is 16.0. The number of allylic oxidation sites excluding steroid dienone is 5. The van der Waals surface area contributed by atoms with Crippen molar-refractivity contribution in [2.24, 2.45) is 0 Å². The van der Waals surface area contributed by atoms with Gasteiger partial charge in [0.05, 0.1) is 22.8 Å². The van der Waals surface area contributed by atoms with E-state index in [9.17, 15) is 19.8 Å². The van der Waals surface area contributed by atoms with Crippen molar-refractivity contribution in [2.75, 3.05) is 0 Å². The molecule has 8 bridgehead atoms. The molecule has 3 aromatic heterocycles. The Balaban J connectivity index is 0.00000423. The average molecular weight is 619 g/mol. The fourth-order valence-corrected chi connectivity index (χ4v) is 5.77. The molecule has 9 heteroatoms. The van der Waals surface area contributed by atoms with Crippen LogP contribution in [0.25, 0.3) is 50.4 Å². The van der Waals surface area contributed by atoms with Gasteiger partial charge in [-0.25, -0.2) is 9.97 Å². The normalized spacial score (nSPS) is 12.7. The van der Waals surface area contributed by atoms with Crippen LogP contribution in [0.15, 0.2) is 43.5 Å². The maximum Gasteiger partial charge on any atom is 0.303 e. The molecule has 0 saturated heterocycles. The second kappa shape index (κ2) is 12.4. The van der Waals surface area contributed by atoms with Gasteiger partial charge in [0, 0.05) is 63.1 Å². The van der Waals surface area contributed by atoms with Crippen molar-refractivity contribution in [1.29, 1.82) is 0 Å². The molecule has 2 aliphatic heterocycles. The van der Waals surface area contributed by atoms with Gasteiger partial charge in [-0.05, 0) is 98.2 Å². The molecule has 0 aromatic carbocycles. The standard InChI is InChI=1S/C34H34N4O4.Fe/c1-7-21-17(3)25-13-26-19(5)23(9-11-33(39)40)31(37-26)16-32-24(10-12-34(41)42)20(6)28(38-32)15-30-22(8-2)18(4)27(36-30)14-29(21)35-25;/h7-8,13-16,36-37H,1-2,9-12H2,3-6H3,(H,39,40)(H,41,42);. The van der Waals surface area contributed by atoms with Crippen LogP contribution < -0.4 is 0 Å². The van der Waals surface area contributed by atoms with E-state index in [1.807, 2.05) is 64.1 Å². The summed E-state index contributed by atoms with van der Waals surface area (Å²) in [6, 6.07) is 7.88. The van der Waals surface area contributed by atoms with Crippen molar-refractivity contribution in [1.82, 2.24) is 19.9 Å². The molecule has 2 aliphatic rings. The van der Waals surface area contributed by atoms with Crippen LogP contribution in [-0.4, -0.2) is 42.1 Å². The minimum Gasteiger partial charge on any atom is -0.481 e. The fourth-order valence-electron chi connectivity index (χ4n) is 5.77. The Morgan fingerprint density at radius 1 is 0.721 bits per heavy atom. The molecule has 5 rings (SSSR count). The second-order valence-electron chi connectivity index (χ2n) is 10.7. The van der Waals surface area contributed by atoms with Crippen LogP contribution in [-0.2, 0) is 33.1 Å². The second-order valence-corrected chi connectivity index (χ2v) is 10.7. The fraction of sp³-hybridized carbons (Fsp3) is 0.235. The number of nitrogens with zero attached hydrogens (tertiary/aromatic N) is 2. The molecule has 5 heterocycles. The minimum absolute atomic E-state index is 0. The SMILES string of the molecule is C=CC1=C(C)c2cc3[nH]c(cc4nc(cc5[nH]c(cc1n2)c(C)c5C=C)C(C)=C4CCC(=O)O)c(CCC(=O)O)c3C.[Fe]. The van der Waals surface area contributed by atoms with Crippen molar-refractivity contribution < 1.29 is 36.9 Å². The summed E-state index contributed by atoms with van der Waals surface area (Å²) in [4.78, 5) is 40.0. The number of aliphatic carboxylic acids is 2. The van der Waals surface area contributed by atoms with Crippen LogP contribution >= 0.6 is 0 Å². The Kier molecular flexibility index (Phi) is 9.09. The minimum atomic E-state index is -0.884. The number of carboxylic acids is 2. The number of nitrogens with one attached hydrogen (secondary N) is 2. The summed E-state index contributed by atoms with van der Waals surface area (Å²) in [5.41, 5.74) is 13.7. The quantitative estimate of drug-likeness (QED) is 0.193. The maximum absolute atomic E-state index is 11.5. The van der Waals surface area contributed by atoms with Crippen molar-refractivity contribution in [3.8, 4) is 0 Å². The Labute approximate surface area is 260 Å². The van der Waals surface area contributed by atoms with Gasteiger partial charge in [0.25, 0.3) is 0 Å². The van der Waals surface area contributed by atoms with Gasteiger partial charge < -0.3 is 20.2 Å². The van der Waals surface area contributed by atoms with Gasteiger partial charge >= 0.3 is 11.9 Å². The van der Waals surface area contributed by atoms with Crippen molar-refractivity contribution in [3.63, 3.8) is 0 Å². The summed E-state index contributed by atoms with van der Waals surface area (Å²) in [5, 5.41) is 18.9. The van der Waals surface area contributed by atoms with E-state index < -0.39 is 11.9 Å². The summed E-state index contributed by atoms with van der Waals surface area (Å²) < 4.78 is 0. The number of H-pyrrole nitrogens is 2. The molecule has 0 saturated carbocycles. The zero-order valence-corrected chi connectivity index (χ0v) is 25.8. The van der Waals surface area contributed by atoms with E-state index in [1.165, 1.54) is 0 Å². The first kappa shape index (κ1) is 31.5. The smallest absolute Gasteiger partial charge is 0.303 e. The van der Waals surface area contributed by atoms with E-state index in [0.717, 1.165) is 83.7 Å². The molecule has 4 N–H and O–H groups in total. The molecule has 0 spiro atoms. The molecule has 3 aromatic rings. The van der Waals surface area contributed by atoms with Gasteiger partial charge in [-0.1, -0.05) is 25.3 Å². The Morgan fingerprint density at radius 2 is 1.26 bits per heavy atom. The molecular weight excluding hydrogens is 584 g/mol. The number of aromatic amines is 2. The number of hydrogen-bond donors (Lipinski definition) is 4. The van der Waals surface area contributed by atoms with Gasteiger partial charge in [0.1, 0.15) is 0 Å². The van der Waals surface area contributed by atoms with E-state index in [1.54, 1.807) is 0 Å². The van der Waals surface area contributed by atoms with Crippen LogP contribution in [0.2, 0.25) is 0 Å². The number of hydrogen-bond acceptors (Lipinski definition) is 4. The first-order valence-corrected chi connectivity index (χ1v) is 13.9. The van der Waals surface area contributed by atoms with Crippen molar-refractivity contribution in [3.05, 3.63) is 88.5 Å². The summed E-state index contributed by atoms with van der Waals surface area (Å²) >= 11 is 0. The molecule has 222 valence electrons. The first-order valence-electron chi connectivity index (χ1n) is 13.9. The van der Waals surface area contributed by atoms with Crippen LogP contribution in [0.4, 0.5) is 0 Å². The molecule has 0 radical (unpaired) electrons. The number of aryl methyl sites for hydroxylation is 3. The third-order valence-corrected chi connectivity index (χ3v) is 8.22. The molecule has 0 aliphatic carbocycles. The van der Waals surface area contributed by atoms with E-state index >= 15 is 0 Å². The third-order valence-electron chi connectivity index (χ3n) is 8.22. The summed E-state index contributed by atoms with van der Waals surface area (Å²) in [7, 11) is 0. The Morgan fingerprint density at radius 3 is 1.91 bits per heavy atom. The first-order chi connectivity index (χ1) is 20.0. The van der Waals surface area contributed by atoms with Crippen LogP contribution in [0.3, 0.4) is 0 Å². The molecule has 8 nitrogen and oxygen atoms in total. The number of carbonyl (C=O) groups is 2. The number of carboxylic acid groups (broad SMARTS) is 2. The van der Waals surface area contributed by atoms with Crippen LogP contribution in [0.1, 0.15) is 78.1 Å². The van der Waals surface area contributed by atoms with Gasteiger partial charge in [-0.3, -0.25) is 9.59 Å². The van der Waals surface area contributed by atoms with Crippen LogP contribution in [0.5, 0.6) is 0 Å². The van der Waals surface area contributed by atoms with Crippen molar-refractivity contribution >= 4 is 62.4 Å². The monoisotopic (exact) mass is 618 g/mol. The molecule has 0 atom stereocenters. The van der Waals surface area contributed by atoms with E-state index in [2.05, 4.69) is 23.1 Å². The maximum atomic E-state index is 11.5. The van der Waals surface area contributed by atoms with Crippen LogP contribution in [0, 0.1) is 13.8 Å². The molecule has 0 unspecified atom stereocenters. The average Bonchev–Trinajstić information content (AvgIpc) is 3.59. The van der Waals surface area contributed by atoms with Gasteiger partial charge in [0.2, 0.25) is 0 Å². The number of aromatic nitrogens is 4. The van der Waals surface area contributed by atoms with E-state index in [4.69, 9.17) is 9.97 Å². The van der Waals surface area contributed by atoms with Crippen molar-refractivity contribution in [2.45, 2.75) is 53.4 Å². The van der Waals surface area contributed by atoms with E-state index in [-0.39, 0.29) is 29.9 Å². The third kappa shape index (κ3) is 5.91. The molecule has 0 amide bonds. The van der Waals surface area contributed by atoms with Gasteiger partial charge in [-0.2, -0.15) is 0 Å². The molecular formula is C34H34FeN4O4. The number of fused-ring (bicyclic) bond motifs is 8. The van der Waals surface area contributed by atoms with Gasteiger partial charge in [-0.15, -0.1) is 0 Å². The predicted molar refractivity (Wildman–Crippen MR) is 169 cm³/mol. The van der Waals surface area contributed by atoms with E-state index in [0.29, 0.717) is 18.5 Å². The Hall–Kier alpha value is -4.46. The largest absolute Gasteiger partial charge is 0.481 e. The zero-order valence-electron chi connectivity index (χ0n) is 24.7. The predicted octanol–water partition coefficient (Wildman–Crippen LogP) is 7.50.